The molecule has 2 rings (SSSR count). The highest BCUT2D eigenvalue weighted by molar-refractivity contribution is 5.91. The van der Waals surface area contributed by atoms with Crippen molar-refractivity contribution in [2.75, 3.05) is 5.32 Å². The Morgan fingerprint density at radius 3 is 2.58 bits per heavy atom. The fraction of sp³-hybridized carbons (Fsp3) is 0.200. The van der Waals surface area contributed by atoms with Gasteiger partial charge >= 0.3 is 5.97 Å². The molecule has 1 aromatic carbocycles. The van der Waals surface area contributed by atoms with Gasteiger partial charge in [0.2, 0.25) is 0 Å². The van der Waals surface area contributed by atoms with Gasteiger partial charge in [-0.25, -0.2) is 4.79 Å². The normalized spacial score (nSPS) is 11.9. The number of nitrogens with zero attached hydrogens (tertiary/aromatic N) is 1. The van der Waals surface area contributed by atoms with E-state index in [1.54, 1.807) is 24.5 Å². The number of carboxylic acids is 1. The molecule has 0 bridgehead atoms. The van der Waals surface area contributed by atoms with Gasteiger partial charge in [-0.05, 0) is 49.2 Å². The van der Waals surface area contributed by atoms with Gasteiger partial charge < -0.3 is 10.4 Å². The van der Waals surface area contributed by atoms with Crippen molar-refractivity contribution in [3.05, 3.63) is 59.4 Å². The first-order valence-electron chi connectivity index (χ1n) is 6.09. The highest BCUT2D eigenvalue weighted by Crippen LogP contribution is 2.24. The van der Waals surface area contributed by atoms with Gasteiger partial charge in [0.15, 0.2) is 0 Å². The van der Waals surface area contributed by atoms with Crippen LogP contribution in [0.15, 0.2) is 42.7 Å². The second-order valence-electron chi connectivity index (χ2n) is 4.43. The molecule has 1 atom stereocenters. The number of aromatic carboxylic acids is 1. The Bertz CT molecular complexity index is 582. The second-order valence-corrected chi connectivity index (χ2v) is 4.43. The van der Waals surface area contributed by atoms with Crippen LogP contribution in [0.2, 0.25) is 0 Å². The number of rotatable bonds is 4. The van der Waals surface area contributed by atoms with Crippen molar-refractivity contribution in [1.29, 1.82) is 0 Å². The molecule has 0 amide bonds. The Balaban J connectivity index is 2.25. The molecule has 4 nitrogen and oxygen atoms in total. The number of carbonyl (C=O) groups is 1. The molecule has 1 heterocycles. The molecule has 0 saturated carbocycles. The Morgan fingerprint density at radius 1 is 1.26 bits per heavy atom. The molecule has 0 aliphatic carbocycles. The van der Waals surface area contributed by atoms with E-state index in [0.29, 0.717) is 5.56 Å². The van der Waals surface area contributed by atoms with Gasteiger partial charge in [0.05, 0.1) is 5.56 Å². The predicted molar refractivity (Wildman–Crippen MR) is 74.4 cm³/mol. The average molecular weight is 256 g/mol. The van der Waals surface area contributed by atoms with E-state index in [2.05, 4.69) is 10.3 Å². The maximum atomic E-state index is 11.1. The fourth-order valence-corrected chi connectivity index (χ4v) is 1.99. The lowest BCUT2D eigenvalue weighted by molar-refractivity contribution is 0.0696. The third kappa shape index (κ3) is 2.91. The van der Waals surface area contributed by atoms with Crippen LogP contribution in [0.1, 0.15) is 34.5 Å². The van der Waals surface area contributed by atoms with Crippen LogP contribution in [0.25, 0.3) is 0 Å². The van der Waals surface area contributed by atoms with Gasteiger partial charge in [-0.3, -0.25) is 4.98 Å². The number of aromatic nitrogens is 1. The van der Waals surface area contributed by atoms with E-state index in [1.165, 1.54) is 0 Å². The molecule has 4 heteroatoms. The summed E-state index contributed by atoms with van der Waals surface area (Å²) in [6.07, 6.45) is 3.49. The number of pyridine rings is 1. The molecule has 0 saturated heterocycles. The van der Waals surface area contributed by atoms with Crippen LogP contribution in [0, 0.1) is 6.92 Å². The number of hydrogen-bond donors (Lipinski definition) is 2. The Morgan fingerprint density at radius 2 is 1.95 bits per heavy atom. The van der Waals surface area contributed by atoms with E-state index in [9.17, 15) is 4.79 Å². The first-order valence-corrected chi connectivity index (χ1v) is 6.09. The van der Waals surface area contributed by atoms with Crippen LogP contribution < -0.4 is 5.32 Å². The zero-order valence-corrected chi connectivity index (χ0v) is 10.9. The molecule has 0 aliphatic rings. The summed E-state index contributed by atoms with van der Waals surface area (Å²) in [5.41, 5.74) is 3.02. The van der Waals surface area contributed by atoms with Crippen LogP contribution in [0.3, 0.4) is 0 Å². The standard InChI is InChI=1S/C15H16N2O2/c1-10-13(15(18)19)4-3-5-14(10)17-11(2)12-6-8-16-9-7-12/h3-9,11,17H,1-2H3,(H,18,19). The van der Waals surface area contributed by atoms with Crippen molar-refractivity contribution in [3.63, 3.8) is 0 Å². The smallest absolute Gasteiger partial charge is 0.336 e. The van der Waals surface area contributed by atoms with E-state index < -0.39 is 5.97 Å². The van der Waals surface area contributed by atoms with Gasteiger partial charge in [0.25, 0.3) is 0 Å². The van der Waals surface area contributed by atoms with Crippen molar-refractivity contribution in [2.45, 2.75) is 19.9 Å². The van der Waals surface area contributed by atoms with E-state index in [0.717, 1.165) is 16.8 Å². The summed E-state index contributed by atoms with van der Waals surface area (Å²) in [6, 6.07) is 9.21. The molecular weight excluding hydrogens is 240 g/mol. The maximum absolute atomic E-state index is 11.1. The Kier molecular flexibility index (Phi) is 3.80. The number of nitrogens with one attached hydrogen (secondary N) is 1. The minimum Gasteiger partial charge on any atom is -0.478 e. The zero-order valence-electron chi connectivity index (χ0n) is 10.9. The lowest BCUT2D eigenvalue weighted by Gasteiger charge is -2.18. The summed E-state index contributed by atoms with van der Waals surface area (Å²) < 4.78 is 0. The van der Waals surface area contributed by atoms with Crippen molar-refractivity contribution in [3.8, 4) is 0 Å². The molecule has 0 radical (unpaired) electrons. The zero-order chi connectivity index (χ0) is 13.8. The van der Waals surface area contributed by atoms with Crippen LogP contribution in [-0.2, 0) is 0 Å². The SMILES string of the molecule is Cc1c(NC(C)c2ccncc2)cccc1C(=O)O. The van der Waals surface area contributed by atoms with Gasteiger partial charge in [0, 0.05) is 24.1 Å². The molecule has 2 aromatic rings. The number of benzene rings is 1. The summed E-state index contributed by atoms with van der Waals surface area (Å²) in [7, 11) is 0. The van der Waals surface area contributed by atoms with Crippen molar-refractivity contribution < 1.29 is 9.90 Å². The van der Waals surface area contributed by atoms with Gasteiger partial charge in [-0.15, -0.1) is 0 Å². The highest BCUT2D eigenvalue weighted by atomic mass is 16.4. The second kappa shape index (κ2) is 5.52. The van der Waals surface area contributed by atoms with E-state index >= 15 is 0 Å². The van der Waals surface area contributed by atoms with Gasteiger partial charge in [-0.1, -0.05) is 6.07 Å². The van der Waals surface area contributed by atoms with Crippen LogP contribution in [-0.4, -0.2) is 16.1 Å². The predicted octanol–water partition coefficient (Wildman–Crippen LogP) is 3.26. The first kappa shape index (κ1) is 13.1. The molecule has 19 heavy (non-hydrogen) atoms. The topological polar surface area (TPSA) is 62.2 Å². The minimum atomic E-state index is -0.905. The molecule has 0 fully saturated rings. The van der Waals surface area contributed by atoms with Crippen molar-refractivity contribution in [2.24, 2.45) is 0 Å². The largest absolute Gasteiger partial charge is 0.478 e. The summed E-state index contributed by atoms with van der Waals surface area (Å²) in [5.74, 6) is -0.905. The minimum absolute atomic E-state index is 0.0887. The third-order valence-corrected chi connectivity index (χ3v) is 3.14. The molecule has 1 unspecified atom stereocenters. The number of carboxylic acid groups (broad SMARTS) is 1. The molecule has 1 aromatic heterocycles. The van der Waals surface area contributed by atoms with Crippen LogP contribution >= 0.6 is 0 Å². The van der Waals surface area contributed by atoms with Gasteiger partial charge in [-0.2, -0.15) is 0 Å². The van der Waals surface area contributed by atoms with Crippen molar-refractivity contribution >= 4 is 11.7 Å². The fourth-order valence-electron chi connectivity index (χ4n) is 1.99. The van der Waals surface area contributed by atoms with E-state index in [4.69, 9.17) is 5.11 Å². The Labute approximate surface area is 112 Å². The van der Waals surface area contributed by atoms with E-state index in [1.807, 2.05) is 32.0 Å². The van der Waals surface area contributed by atoms with Crippen LogP contribution in [0.4, 0.5) is 5.69 Å². The molecule has 0 aliphatic heterocycles. The quantitative estimate of drug-likeness (QED) is 0.881. The monoisotopic (exact) mass is 256 g/mol. The first-order chi connectivity index (χ1) is 9.09. The molecule has 98 valence electrons. The maximum Gasteiger partial charge on any atom is 0.336 e. The lowest BCUT2D eigenvalue weighted by atomic mass is 10.0. The van der Waals surface area contributed by atoms with Crippen LogP contribution in [0.5, 0.6) is 0 Å². The summed E-state index contributed by atoms with van der Waals surface area (Å²) in [5, 5.41) is 12.4. The third-order valence-electron chi connectivity index (χ3n) is 3.14. The molecular formula is C15H16N2O2. The summed E-state index contributed by atoms with van der Waals surface area (Å²) in [4.78, 5) is 15.1. The number of hydrogen-bond acceptors (Lipinski definition) is 3. The summed E-state index contributed by atoms with van der Waals surface area (Å²) in [6.45, 7) is 3.84. The molecule has 2 N–H and O–H groups in total. The lowest BCUT2D eigenvalue weighted by Crippen LogP contribution is -2.09. The Hall–Kier alpha value is -2.36. The molecule has 0 spiro atoms. The number of anilines is 1. The van der Waals surface area contributed by atoms with Gasteiger partial charge in [0.1, 0.15) is 0 Å². The average Bonchev–Trinajstić information content (AvgIpc) is 2.41. The highest BCUT2D eigenvalue weighted by Gasteiger charge is 2.12. The van der Waals surface area contributed by atoms with E-state index in [-0.39, 0.29) is 6.04 Å². The summed E-state index contributed by atoms with van der Waals surface area (Å²) >= 11 is 0. The van der Waals surface area contributed by atoms with Crippen molar-refractivity contribution in [1.82, 2.24) is 4.98 Å².